The molecule has 0 aliphatic heterocycles. The molecule has 94 valence electrons. The van der Waals surface area contributed by atoms with Crippen molar-refractivity contribution in [2.75, 3.05) is 26.1 Å². The second-order valence-corrected chi connectivity index (χ2v) is 4.84. The summed E-state index contributed by atoms with van der Waals surface area (Å²) in [7, 11) is 5.34. The Morgan fingerprint density at radius 1 is 1.44 bits per heavy atom. The summed E-state index contributed by atoms with van der Waals surface area (Å²) in [5.74, 6) is 2.54. The van der Waals surface area contributed by atoms with Crippen molar-refractivity contribution in [3.8, 4) is 12.3 Å². The third-order valence-electron chi connectivity index (χ3n) is 3.44. The van der Waals surface area contributed by atoms with Crippen LogP contribution in [-0.4, -0.2) is 27.2 Å². The van der Waals surface area contributed by atoms with Crippen LogP contribution in [0.3, 0.4) is 0 Å². The first kappa shape index (κ1) is 12.5. The molecule has 18 heavy (non-hydrogen) atoms. The lowest BCUT2D eigenvalue weighted by atomic mass is 9.93. The van der Waals surface area contributed by atoms with E-state index >= 15 is 0 Å². The molecule has 1 aliphatic carbocycles. The predicted octanol–water partition coefficient (Wildman–Crippen LogP) is 2.20. The monoisotopic (exact) mass is 243 g/mol. The van der Waals surface area contributed by atoms with Crippen LogP contribution in [0.1, 0.15) is 28.8 Å². The molecule has 3 heteroatoms. The molecule has 3 nitrogen and oxygen atoms in total. The Morgan fingerprint density at radius 3 is 2.56 bits per heavy atom. The number of hydrogen-bond donors (Lipinski definition) is 0. The van der Waals surface area contributed by atoms with Crippen LogP contribution in [0.4, 0.5) is 5.69 Å². The van der Waals surface area contributed by atoms with Crippen LogP contribution in [-0.2, 0) is 10.2 Å². The van der Waals surface area contributed by atoms with Crippen LogP contribution in [0, 0.1) is 12.3 Å². The van der Waals surface area contributed by atoms with Crippen molar-refractivity contribution in [3.05, 3.63) is 29.3 Å². The van der Waals surface area contributed by atoms with Gasteiger partial charge in [0.1, 0.15) is 0 Å². The zero-order valence-corrected chi connectivity index (χ0v) is 11.0. The van der Waals surface area contributed by atoms with Crippen LogP contribution >= 0.6 is 0 Å². The van der Waals surface area contributed by atoms with E-state index in [1.807, 2.05) is 31.1 Å². The van der Waals surface area contributed by atoms with Crippen molar-refractivity contribution in [1.82, 2.24) is 0 Å². The van der Waals surface area contributed by atoms with Gasteiger partial charge in [-0.15, -0.1) is 6.42 Å². The van der Waals surface area contributed by atoms with E-state index in [1.165, 1.54) is 7.11 Å². The van der Waals surface area contributed by atoms with Gasteiger partial charge >= 0.3 is 5.97 Å². The number of anilines is 1. The third-order valence-corrected chi connectivity index (χ3v) is 3.44. The highest BCUT2D eigenvalue weighted by atomic mass is 16.5. The minimum Gasteiger partial charge on any atom is -0.465 e. The topological polar surface area (TPSA) is 29.5 Å². The zero-order valence-electron chi connectivity index (χ0n) is 11.0. The highest BCUT2D eigenvalue weighted by Gasteiger charge is 2.44. The molecule has 0 radical (unpaired) electrons. The largest absolute Gasteiger partial charge is 0.465 e. The molecular formula is C15H17NO2. The van der Waals surface area contributed by atoms with Crippen LogP contribution in [0.25, 0.3) is 0 Å². The van der Waals surface area contributed by atoms with Crippen LogP contribution in [0.2, 0.25) is 0 Å². The maximum Gasteiger partial charge on any atom is 0.337 e. The number of hydrogen-bond acceptors (Lipinski definition) is 3. The lowest BCUT2D eigenvalue weighted by molar-refractivity contribution is 0.0600. The fraction of sp³-hybridized carbons (Fsp3) is 0.400. The Hall–Kier alpha value is -1.95. The van der Waals surface area contributed by atoms with E-state index < -0.39 is 0 Å². The van der Waals surface area contributed by atoms with Gasteiger partial charge in [0, 0.05) is 19.8 Å². The Labute approximate surface area is 108 Å². The number of rotatable bonds is 3. The number of esters is 1. The number of methoxy groups -OCH3 is 1. The van der Waals surface area contributed by atoms with E-state index in [0.717, 1.165) is 24.1 Å². The molecule has 0 amide bonds. The zero-order chi connectivity index (χ0) is 13.3. The average molecular weight is 243 g/mol. The predicted molar refractivity (Wildman–Crippen MR) is 71.9 cm³/mol. The van der Waals surface area contributed by atoms with Crippen LogP contribution in [0.5, 0.6) is 0 Å². The molecule has 0 bridgehead atoms. The van der Waals surface area contributed by atoms with Crippen molar-refractivity contribution in [1.29, 1.82) is 0 Å². The molecule has 0 aromatic heterocycles. The summed E-state index contributed by atoms with van der Waals surface area (Å²) in [5.41, 5.74) is 2.49. The summed E-state index contributed by atoms with van der Waals surface area (Å²) < 4.78 is 4.75. The van der Waals surface area contributed by atoms with E-state index in [9.17, 15) is 4.79 Å². The van der Waals surface area contributed by atoms with Crippen LogP contribution < -0.4 is 4.90 Å². The summed E-state index contributed by atoms with van der Waals surface area (Å²) in [4.78, 5) is 13.6. The molecular weight excluding hydrogens is 226 g/mol. The van der Waals surface area contributed by atoms with Gasteiger partial charge in [-0.05, 0) is 36.6 Å². The van der Waals surface area contributed by atoms with Gasteiger partial charge in [-0.2, -0.15) is 0 Å². The summed E-state index contributed by atoms with van der Waals surface area (Å²) in [6, 6.07) is 5.57. The summed E-state index contributed by atoms with van der Waals surface area (Å²) >= 11 is 0. The molecule has 0 saturated heterocycles. The van der Waals surface area contributed by atoms with Gasteiger partial charge in [0.15, 0.2) is 0 Å². The smallest absolute Gasteiger partial charge is 0.337 e. The number of carbonyl (C=O) groups excluding carboxylic acids is 1. The van der Waals surface area contributed by atoms with E-state index in [0.29, 0.717) is 5.56 Å². The maximum absolute atomic E-state index is 11.6. The number of nitrogens with zero attached hydrogens (tertiary/aromatic N) is 1. The van der Waals surface area contributed by atoms with Crippen LogP contribution in [0.15, 0.2) is 18.2 Å². The Kier molecular flexibility index (Phi) is 3.04. The lowest BCUT2D eigenvalue weighted by Crippen LogP contribution is -2.16. The minimum atomic E-state index is -0.325. The van der Waals surface area contributed by atoms with Crippen molar-refractivity contribution in [2.24, 2.45) is 0 Å². The molecule has 1 fully saturated rings. The molecule has 1 saturated carbocycles. The third kappa shape index (κ3) is 1.95. The second-order valence-electron chi connectivity index (χ2n) is 4.84. The second kappa shape index (κ2) is 4.38. The number of ether oxygens (including phenoxy) is 1. The number of terminal acetylenes is 1. The molecule has 0 heterocycles. The standard InChI is InChI=1S/C15H17NO2/c1-5-15(8-9-15)12-10-11(14(17)18-4)6-7-13(12)16(2)3/h1,6-7,10H,8-9H2,2-4H3. The molecule has 0 N–H and O–H groups in total. The van der Waals surface area contributed by atoms with E-state index in [4.69, 9.17) is 11.2 Å². The first-order chi connectivity index (χ1) is 8.54. The van der Waals surface area contributed by atoms with Crippen molar-refractivity contribution < 1.29 is 9.53 Å². The maximum atomic E-state index is 11.6. The highest BCUT2D eigenvalue weighted by Crippen LogP contribution is 2.50. The van der Waals surface area contributed by atoms with E-state index in [2.05, 4.69) is 5.92 Å². The molecule has 1 aliphatic rings. The van der Waals surface area contributed by atoms with Crippen molar-refractivity contribution in [2.45, 2.75) is 18.3 Å². The molecule has 0 atom stereocenters. The summed E-state index contributed by atoms with van der Waals surface area (Å²) in [5, 5.41) is 0. The van der Waals surface area contributed by atoms with Gasteiger partial charge in [0.05, 0.1) is 18.1 Å². The van der Waals surface area contributed by atoms with Crippen molar-refractivity contribution in [3.63, 3.8) is 0 Å². The molecule has 1 aromatic rings. The van der Waals surface area contributed by atoms with E-state index in [1.54, 1.807) is 6.07 Å². The summed E-state index contributed by atoms with van der Waals surface area (Å²) in [6.45, 7) is 0. The Morgan fingerprint density at radius 2 is 2.11 bits per heavy atom. The lowest BCUT2D eigenvalue weighted by Gasteiger charge is -2.21. The Balaban J connectivity index is 2.53. The fourth-order valence-corrected chi connectivity index (χ4v) is 2.17. The minimum absolute atomic E-state index is 0.191. The average Bonchev–Trinajstić information content (AvgIpc) is 3.18. The molecule has 0 unspecified atom stereocenters. The first-order valence-electron chi connectivity index (χ1n) is 5.92. The quantitative estimate of drug-likeness (QED) is 0.602. The highest BCUT2D eigenvalue weighted by molar-refractivity contribution is 5.90. The van der Waals surface area contributed by atoms with Gasteiger partial charge in [-0.1, -0.05) is 5.92 Å². The molecule has 1 aromatic carbocycles. The van der Waals surface area contributed by atoms with E-state index in [-0.39, 0.29) is 11.4 Å². The summed E-state index contributed by atoms with van der Waals surface area (Å²) in [6.07, 6.45) is 7.61. The Bertz CT molecular complexity index is 522. The first-order valence-corrected chi connectivity index (χ1v) is 5.92. The SMILES string of the molecule is C#CC1(c2cc(C(=O)OC)ccc2N(C)C)CC1. The van der Waals surface area contributed by atoms with Gasteiger partial charge in [-0.25, -0.2) is 4.79 Å². The van der Waals surface area contributed by atoms with Gasteiger partial charge < -0.3 is 9.64 Å². The normalized spacial score (nSPS) is 15.7. The molecule has 2 rings (SSSR count). The number of carbonyl (C=O) groups is 1. The van der Waals surface area contributed by atoms with Gasteiger partial charge in [-0.3, -0.25) is 0 Å². The van der Waals surface area contributed by atoms with Gasteiger partial charge in [0.2, 0.25) is 0 Å². The molecule has 0 spiro atoms. The fourth-order valence-electron chi connectivity index (χ4n) is 2.17. The number of benzene rings is 1. The van der Waals surface area contributed by atoms with Crippen molar-refractivity contribution >= 4 is 11.7 Å². The van der Waals surface area contributed by atoms with Gasteiger partial charge in [0.25, 0.3) is 0 Å².